The second kappa shape index (κ2) is 6.33. The van der Waals surface area contributed by atoms with E-state index in [-0.39, 0.29) is 16.3 Å². The average molecular weight is 340 g/mol. The van der Waals surface area contributed by atoms with Crippen LogP contribution in [0.2, 0.25) is 0 Å². The summed E-state index contributed by atoms with van der Waals surface area (Å²) in [5, 5.41) is 2.20. The number of rotatable bonds is 4. The van der Waals surface area contributed by atoms with E-state index in [0.717, 1.165) is 24.3 Å². The summed E-state index contributed by atoms with van der Waals surface area (Å²) in [6.45, 7) is 2.79. The highest BCUT2D eigenvalue weighted by Gasteiger charge is 2.18. The smallest absolute Gasteiger partial charge is 0.261 e. The number of aryl methyl sites for hydroxylation is 1. The van der Waals surface area contributed by atoms with E-state index in [0.29, 0.717) is 5.56 Å². The van der Waals surface area contributed by atoms with Gasteiger partial charge in [0.1, 0.15) is 11.6 Å². The molecule has 0 aromatic heterocycles. The largest absolute Gasteiger partial charge is 0.324 e. The molecule has 2 aromatic carbocycles. The van der Waals surface area contributed by atoms with Gasteiger partial charge in [0.2, 0.25) is 5.91 Å². The molecular formula is C15H14F2N2O3S. The summed E-state index contributed by atoms with van der Waals surface area (Å²) in [5.41, 5.74) is 0.353. The van der Waals surface area contributed by atoms with Gasteiger partial charge in [-0.15, -0.1) is 0 Å². The van der Waals surface area contributed by atoms with Crippen LogP contribution in [0.5, 0.6) is 0 Å². The molecule has 0 aliphatic carbocycles. The molecule has 0 spiro atoms. The molecule has 2 rings (SSSR count). The van der Waals surface area contributed by atoms with E-state index in [1.165, 1.54) is 19.1 Å². The lowest BCUT2D eigenvalue weighted by Crippen LogP contribution is -2.15. The summed E-state index contributed by atoms with van der Waals surface area (Å²) in [6, 6.07) is 6.66. The summed E-state index contributed by atoms with van der Waals surface area (Å²) in [6.07, 6.45) is 0. The first-order valence-corrected chi connectivity index (χ1v) is 8.03. The fourth-order valence-electron chi connectivity index (χ4n) is 1.86. The molecule has 2 aromatic rings. The van der Waals surface area contributed by atoms with Gasteiger partial charge in [-0.3, -0.25) is 9.52 Å². The van der Waals surface area contributed by atoms with E-state index in [2.05, 4.69) is 10.0 Å². The molecule has 0 aliphatic heterocycles. The number of carbonyl (C=O) groups is 1. The molecule has 0 unspecified atom stereocenters. The van der Waals surface area contributed by atoms with Gasteiger partial charge < -0.3 is 5.32 Å². The van der Waals surface area contributed by atoms with E-state index in [4.69, 9.17) is 0 Å². The van der Waals surface area contributed by atoms with Crippen molar-refractivity contribution in [3.8, 4) is 0 Å². The fourth-order valence-corrected chi connectivity index (χ4v) is 3.01. The summed E-state index contributed by atoms with van der Waals surface area (Å²) in [7, 11) is -4.06. The third-order valence-corrected chi connectivity index (χ3v) is 4.37. The maximum atomic E-state index is 13.6. The molecule has 122 valence electrons. The first-order chi connectivity index (χ1) is 10.7. The first kappa shape index (κ1) is 16.9. The van der Waals surface area contributed by atoms with Gasteiger partial charge in [0, 0.05) is 6.92 Å². The van der Waals surface area contributed by atoms with Crippen LogP contribution in [0.1, 0.15) is 12.5 Å². The van der Waals surface area contributed by atoms with Crippen molar-refractivity contribution in [3.63, 3.8) is 0 Å². The number of carbonyl (C=O) groups excluding carboxylic acids is 1. The Bertz CT molecular complexity index is 867. The molecule has 0 fully saturated rings. The maximum Gasteiger partial charge on any atom is 0.261 e. The molecule has 0 aliphatic rings. The van der Waals surface area contributed by atoms with Crippen molar-refractivity contribution in [2.24, 2.45) is 0 Å². The lowest BCUT2D eigenvalue weighted by Gasteiger charge is -2.12. The average Bonchev–Trinajstić information content (AvgIpc) is 2.44. The Balaban J connectivity index is 2.40. The van der Waals surface area contributed by atoms with Gasteiger partial charge in [-0.2, -0.15) is 0 Å². The Morgan fingerprint density at radius 1 is 1.04 bits per heavy atom. The van der Waals surface area contributed by atoms with E-state index in [1.54, 1.807) is 6.92 Å². The molecule has 0 atom stereocenters. The van der Waals surface area contributed by atoms with Gasteiger partial charge >= 0.3 is 0 Å². The van der Waals surface area contributed by atoms with Crippen LogP contribution in [0, 0.1) is 18.6 Å². The van der Waals surface area contributed by atoms with Crippen LogP contribution in [-0.2, 0) is 14.8 Å². The Hall–Kier alpha value is -2.48. The Morgan fingerprint density at radius 2 is 1.74 bits per heavy atom. The molecule has 0 saturated carbocycles. The Morgan fingerprint density at radius 3 is 2.39 bits per heavy atom. The lowest BCUT2D eigenvalue weighted by molar-refractivity contribution is -0.114. The predicted octanol–water partition coefficient (Wildman–Crippen LogP) is 3.03. The molecule has 5 nitrogen and oxygen atoms in total. The predicted molar refractivity (Wildman–Crippen MR) is 82.6 cm³/mol. The number of nitrogens with one attached hydrogen (secondary N) is 2. The lowest BCUT2D eigenvalue weighted by atomic mass is 10.2. The maximum absolute atomic E-state index is 13.6. The zero-order valence-corrected chi connectivity index (χ0v) is 13.2. The molecule has 0 saturated heterocycles. The summed E-state index contributed by atoms with van der Waals surface area (Å²) < 4.78 is 53.8. The van der Waals surface area contributed by atoms with Crippen LogP contribution in [-0.4, -0.2) is 14.3 Å². The zero-order chi connectivity index (χ0) is 17.2. The van der Waals surface area contributed by atoms with Crippen molar-refractivity contribution in [1.29, 1.82) is 0 Å². The standard InChI is InChI=1S/C15H14F2N2O3S/c1-9-3-4-11(16)7-14(9)19-23(21,22)12-5-6-13(17)15(8-12)18-10(2)20/h3-8,19H,1-2H3,(H,18,20). The normalized spacial score (nSPS) is 11.1. The van der Waals surface area contributed by atoms with Gasteiger partial charge in [0.05, 0.1) is 16.3 Å². The third kappa shape index (κ3) is 4.04. The van der Waals surface area contributed by atoms with Crippen LogP contribution in [0.15, 0.2) is 41.3 Å². The highest BCUT2D eigenvalue weighted by atomic mass is 32.2. The van der Waals surface area contributed by atoms with E-state index >= 15 is 0 Å². The topological polar surface area (TPSA) is 75.3 Å². The number of hydrogen-bond acceptors (Lipinski definition) is 3. The monoisotopic (exact) mass is 340 g/mol. The second-order valence-electron chi connectivity index (χ2n) is 4.89. The quantitative estimate of drug-likeness (QED) is 0.898. The molecule has 0 radical (unpaired) electrons. The molecule has 0 heterocycles. The van der Waals surface area contributed by atoms with Crippen LogP contribution in [0.4, 0.5) is 20.2 Å². The summed E-state index contributed by atoms with van der Waals surface area (Å²) in [4.78, 5) is 10.8. The minimum absolute atomic E-state index is 0.0791. The van der Waals surface area contributed by atoms with Gasteiger partial charge in [-0.1, -0.05) is 6.07 Å². The van der Waals surface area contributed by atoms with E-state index < -0.39 is 27.6 Å². The third-order valence-electron chi connectivity index (χ3n) is 3.00. The van der Waals surface area contributed by atoms with Crippen molar-refractivity contribution in [3.05, 3.63) is 53.6 Å². The second-order valence-corrected chi connectivity index (χ2v) is 6.57. The summed E-state index contributed by atoms with van der Waals surface area (Å²) in [5.74, 6) is -1.89. The number of benzene rings is 2. The molecular weight excluding hydrogens is 326 g/mol. The fraction of sp³-hybridized carbons (Fsp3) is 0.133. The van der Waals surface area contributed by atoms with Crippen molar-refractivity contribution in [2.75, 3.05) is 10.0 Å². The Kier molecular flexibility index (Phi) is 4.65. The van der Waals surface area contributed by atoms with Crippen LogP contribution in [0.3, 0.4) is 0 Å². The van der Waals surface area contributed by atoms with Crippen LogP contribution in [0.25, 0.3) is 0 Å². The minimum atomic E-state index is -4.06. The number of sulfonamides is 1. The number of hydrogen-bond donors (Lipinski definition) is 2. The van der Waals surface area contributed by atoms with Gasteiger partial charge in [0.25, 0.3) is 10.0 Å². The molecule has 8 heteroatoms. The minimum Gasteiger partial charge on any atom is -0.324 e. The summed E-state index contributed by atoms with van der Waals surface area (Å²) >= 11 is 0. The van der Waals surface area contributed by atoms with E-state index in [1.807, 2.05) is 0 Å². The van der Waals surface area contributed by atoms with Crippen molar-refractivity contribution in [1.82, 2.24) is 0 Å². The van der Waals surface area contributed by atoms with Crippen molar-refractivity contribution < 1.29 is 22.0 Å². The highest BCUT2D eigenvalue weighted by Crippen LogP contribution is 2.24. The van der Waals surface area contributed by atoms with Gasteiger partial charge in [-0.25, -0.2) is 17.2 Å². The molecule has 23 heavy (non-hydrogen) atoms. The van der Waals surface area contributed by atoms with Gasteiger partial charge in [0.15, 0.2) is 0 Å². The first-order valence-electron chi connectivity index (χ1n) is 6.55. The van der Waals surface area contributed by atoms with Crippen LogP contribution >= 0.6 is 0 Å². The SMILES string of the molecule is CC(=O)Nc1cc(S(=O)(=O)Nc2cc(F)ccc2C)ccc1F. The van der Waals surface area contributed by atoms with Crippen molar-refractivity contribution >= 4 is 27.3 Å². The van der Waals surface area contributed by atoms with Crippen LogP contribution < -0.4 is 10.0 Å². The highest BCUT2D eigenvalue weighted by molar-refractivity contribution is 7.92. The van der Waals surface area contributed by atoms with Crippen molar-refractivity contribution in [2.45, 2.75) is 18.7 Å². The molecule has 0 bridgehead atoms. The number of anilines is 2. The molecule has 2 N–H and O–H groups in total. The number of amides is 1. The van der Waals surface area contributed by atoms with Gasteiger partial charge in [-0.05, 0) is 42.8 Å². The van der Waals surface area contributed by atoms with E-state index in [9.17, 15) is 22.0 Å². The Labute approximate surface area is 132 Å². The number of halogens is 2. The molecule has 1 amide bonds. The zero-order valence-electron chi connectivity index (χ0n) is 12.4.